The number of hydrogen-bond donors (Lipinski definition) is 0. The second-order valence-electron chi connectivity index (χ2n) is 9.87. The predicted octanol–water partition coefficient (Wildman–Crippen LogP) is 5.28. The maximum absolute atomic E-state index is 14.1. The van der Waals surface area contributed by atoms with Crippen molar-refractivity contribution >= 4 is 17.4 Å². The minimum atomic E-state index is -2.52. The molecular weight excluding hydrogens is 438 g/mol. The molecule has 1 saturated heterocycles. The second-order valence-corrected chi connectivity index (χ2v) is 9.87. The van der Waals surface area contributed by atoms with E-state index >= 15 is 0 Å². The Hall–Kier alpha value is -2.48. The molecule has 0 bridgehead atoms. The second kappa shape index (κ2) is 9.29. The largest absolute Gasteiger partial charge is 0.381 e. The molecule has 8 heteroatoms. The number of amides is 1. The van der Waals surface area contributed by atoms with E-state index in [1.807, 2.05) is 24.8 Å². The zero-order valence-corrected chi connectivity index (χ0v) is 20.3. The van der Waals surface area contributed by atoms with Gasteiger partial charge in [-0.25, -0.2) is 13.8 Å². The smallest absolute Gasteiger partial charge is 0.264 e. The quantitative estimate of drug-likeness (QED) is 0.594. The molecule has 0 N–H and O–H groups in total. The number of carbonyl (C=O) groups is 1. The Morgan fingerprint density at radius 2 is 2.06 bits per heavy atom. The van der Waals surface area contributed by atoms with E-state index in [0.717, 1.165) is 73.0 Å². The molecule has 0 spiro atoms. The molecule has 6 nitrogen and oxygen atoms in total. The summed E-state index contributed by atoms with van der Waals surface area (Å²) < 4.78 is 36.2. The first-order valence-electron chi connectivity index (χ1n) is 12.5. The van der Waals surface area contributed by atoms with Crippen LogP contribution in [0.3, 0.4) is 0 Å². The molecule has 0 aliphatic carbocycles. The van der Waals surface area contributed by atoms with Gasteiger partial charge in [-0.05, 0) is 48.8 Å². The molecule has 0 saturated carbocycles. The van der Waals surface area contributed by atoms with Gasteiger partial charge in [-0.1, -0.05) is 19.9 Å². The van der Waals surface area contributed by atoms with Crippen molar-refractivity contribution in [1.29, 1.82) is 0 Å². The molecule has 2 aromatic rings. The molecular formula is C26H34F2N4O2. The Balaban J connectivity index is 1.62. The SMILES string of the molecule is CCC(C)c1cc2c(cc1C(F)F)N(c1nc(C3CCOC3)n3c1CN(C(C)=O)CC3)CCC2. The number of carbonyl (C=O) groups excluding carboxylic acids is 1. The third-order valence-corrected chi connectivity index (χ3v) is 7.79. The number of halogens is 2. The molecule has 3 aliphatic rings. The zero-order chi connectivity index (χ0) is 24.0. The molecule has 3 aliphatic heterocycles. The number of aryl methyl sites for hydroxylation is 1. The highest BCUT2D eigenvalue weighted by Crippen LogP contribution is 2.42. The molecule has 1 aromatic heterocycles. The first kappa shape index (κ1) is 23.3. The van der Waals surface area contributed by atoms with Crippen molar-refractivity contribution in [1.82, 2.24) is 14.5 Å². The first-order valence-corrected chi connectivity index (χ1v) is 12.5. The molecule has 0 radical (unpaired) electrons. The van der Waals surface area contributed by atoms with Gasteiger partial charge in [0.05, 0.1) is 18.8 Å². The Morgan fingerprint density at radius 3 is 2.74 bits per heavy atom. The maximum atomic E-state index is 14.1. The Morgan fingerprint density at radius 1 is 1.24 bits per heavy atom. The van der Waals surface area contributed by atoms with Crippen molar-refractivity contribution in [3.8, 4) is 0 Å². The summed E-state index contributed by atoms with van der Waals surface area (Å²) in [7, 11) is 0. The van der Waals surface area contributed by atoms with Crippen molar-refractivity contribution < 1.29 is 18.3 Å². The van der Waals surface area contributed by atoms with Gasteiger partial charge in [0, 0.05) is 50.3 Å². The number of imidazole rings is 1. The van der Waals surface area contributed by atoms with Crippen LogP contribution in [0.25, 0.3) is 0 Å². The van der Waals surface area contributed by atoms with Crippen LogP contribution in [0.5, 0.6) is 0 Å². The van der Waals surface area contributed by atoms with E-state index in [0.29, 0.717) is 26.2 Å². The van der Waals surface area contributed by atoms with Crippen LogP contribution in [-0.4, -0.2) is 46.7 Å². The normalized spacial score (nSPS) is 21.1. The average Bonchev–Trinajstić information content (AvgIpc) is 3.49. The standard InChI is InChI=1S/C26H34F2N4O2/c1-4-16(2)20-12-18-6-5-8-31(22(18)13-21(20)24(27)28)26-23-14-30(17(3)33)9-10-32(23)25(29-26)19-7-11-34-15-19/h12-13,16,19,24H,4-11,14-15H2,1-3H3. The molecule has 1 aromatic carbocycles. The van der Waals surface area contributed by atoms with Gasteiger partial charge >= 0.3 is 0 Å². The van der Waals surface area contributed by atoms with Crippen LogP contribution in [-0.2, 0) is 29.0 Å². The van der Waals surface area contributed by atoms with Gasteiger partial charge in [0.1, 0.15) is 5.82 Å². The van der Waals surface area contributed by atoms with Gasteiger partial charge in [-0.2, -0.15) is 0 Å². The summed E-state index contributed by atoms with van der Waals surface area (Å²) in [6, 6.07) is 3.71. The number of benzene rings is 1. The lowest BCUT2D eigenvalue weighted by molar-refractivity contribution is -0.130. The molecule has 4 heterocycles. The monoisotopic (exact) mass is 472 g/mol. The number of aromatic nitrogens is 2. The molecule has 1 amide bonds. The molecule has 2 unspecified atom stereocenters. The lowest BCUT2D eigenvalue weighted by atomic mass is 9.88. The summed E-state index contributed by atoms with van der Waals surface area (Å²) in [5, 5.41) is 0. The number of fused-ring (bicyclic) bond motifs is 2. The molecule has 184 valence electrons. The first-order chi connectivity index (χ1) is 16.4. The molecule has 1 fully saturated rings. The van der Waals surface area contributed by atoms with Crippen molar-refractivity contribution in [3.05, 3.63) is 40.3 Å². The summed E-state index contributed by atoms with van der Waals surface area (Å²) >= 11 is 0. The highest BCUT2D eigenvalue weighted by molar-refractivity contribution is 5.74. The fraction of sp³-hybridized carbons (Fsp3) is 0.615. The van der Waals surface area contributed by atoms with E-state index in [1.165, 1.54) is 0 Å². The molecule has 2 atom stereocenters. The number of nitrogens with zero attached hydrogens (tertiary/aromatic N) is 4. The highest BCUT2D eigenvalue weighted by Gasteiger charge is 2.34. The minimum Gasteiger partial charge on any atom is -0.381 e. The van der Waals surface area contributed by atoms with Crippen LogP contribution < -0.4 is 4.90 Å². The minimum absolute atomic E-state index is 0.0429. The highest BCUT2D eigenvalue weighted by atomic mass is 19.3. The van der Waals surface area contributed by atoms with Crippen LogP contribution in [0.15, 0.2) is 12.1 Å². The van der Waals surface area contributed by atoms with E-state index in [-0.39, 0.29) is 23.3 Å². The summed E-state index contributed by atoms with van der Waals surface area (Å²) in [6.45, 7) is 9.60. The van der Waals surface area contributed by atoms with Gasteiger partial charge < -0.3 is 19.1 Å². The Bertz CT molecular complexity index is 1080. The van der Waals surface area contributed by atoms with E-state index in [4.69, 9.17) is 9.72 Å². The zero-order valence-electron chi connectivity index (χ0n) is 20.3. The van der Waals surface area contributed by atoms with Crippen LogP contribution in [0, 0.1) is 0 Å². The van der Waals surface area contributed by atoms with E-state index in [2.05, 4.69) is 9.47 Å². The van der Waals surface area contributed by atoms with Crippen LogP contribution >= 0.6 is 0 Å². The van der Waals surface area contributed by atoms with Crippen molar-refractivity contribution in [2.45, 2.75) is 77.8 Å². The topological polar surface area (TPSA) is 50.6 Å². The van der Waals surface area contributed by atoms with E-state index in [1.54, 1.807) is 13.0 Å². The summed E-state index contributed by atoms with van der Waals surface area (Å²) in [4.78, 5) is 21.3. The van der Waals surface area contributed by atoms with E-state index in [9.17, 15) is 13.6 Å². The summed E-state index contributed by atoms with van der Waals surface area (Å²) in [5.41, 5.74) is 3.83. The van der Waals surface area contributed by atoms with Gasteiger partial charge in [0.25, 0.3) is 6.43 Å². The summed E-state index contributed by atoms with van der Waals surface area (Å²) in [6.07, 6.45) is 1.04. The van der Waals surface area contributed by atoms with E-state index < -0.39 is 6.43 Å². The number of ether oxygens (including phenoxy) is 1. The number of alkyl halides is 2. The van der Waals surface area contributed by atoms with Gasteiger partial charge in [0.2, 0.25) is 5.91 Å². The fourth-order valence-electron chi connectivity index (χ4n) is 5.64. The average molecular weight is 473 g/mol. The fourth-order valence-corrected chi connectivity index (χ4v) is 5.64. The Kier molecular flexibility index (Phi) is 6.35. The molecule has 5 rings (SSSR count). The number of rotatable bonds is 5. The van der Waals surface area contributed by atoms with Crippen molar-refractivity contribution in [2.75, 3.05) is 31.2 Å². The third-order valence-electron chi connectivity index (χ3n) is 7.79. The van der Waals surface area contributed by atoms with Crippen LogP contribution in [0.2, 0.25) is 0 Å². The van der Waals surface area contributed by atoms with Crippen LogP contribution in [0.4, 0.5) is 20.3 Å². The van der Waals surface area contributed by atoms with Gasteiger partial charge in [0.15, 0.2) is 5.82 Å². The third kappa shape index (κ3) is 4.00. The maximum Gasteiger partial charge on any atom is 0.264 e. The van der Waals surface area contributed by atoms with Crippen LogP contribution in [0.1, 0.15) is 86.5 Å². The van der Waals surface area contributed by atoms with Gasteiger partial charge in [-0.15, -0.1) is 0 Å². The van der Waals surface area contributed by atoms with Gasteiger partial charge in [-0.3, -0.25) is 4.79 Å². The van der Waals surface area contributed by atoms with Crippen molar-refractivity contribution in [3.63, 3.8) is 0 Å². The predicted molar refractivity (Wildman–Crippen MR) is 127 cm³/mol. The summed E-state index contributed by atoms with van der Waals surface area (Å²) in [5.74, 6) is 2.17. The number of anilines is 2. The molecule has 34 heavy (non-hydrogen) atoms. The lowest BCUT2D eigenvalue weighted by Gasteiger charge is -2.34. The Labute approximate surface area is 199 Å². The lowest BCUT2D eigenvalue weighted by Crippen LogP contribution is -2.38. The number of hydrogen-bond acceptors (Lipinski definition) is 4. The van der Waals surface area contributed by atoms with Crippen molar-refractivity contribution in [2.24, 2.45) is 0 Å².